The number of hydrogen-bond acceptors (Lipinski definition) is 5. The van der Waals surface area contributed by atoms with Gasteiger partial charge < -0.3 is 14.1 Å². The largest absolute Gasteiger partial charge is 0.465 e. The maximum absolute atomic E-state index is 12.3. The predicted octanol–water partition coefficient (Wildman–Crippen LogP) is 2.46. The van der Waals surface area contributed by atoms with Crippen LogP contribution < -0.4 is 0 Å². The third kappa shape index (κ3) is 5.71. The molecule has 0 aliphatic rings. The van der Waals surface area contributed by atoms with Crippen LogP contribution in [-0.4, -0.2) is 55.5 Å². The molecule has 1 amide bonds. The van der Waals surface area contributed by atoms with Crippen LogP contribution in [0.5, 0.6) is 0 Å². The summed E-state index contributed by atoms with van der Waals surface area (Å²) in [5, 5.41) is 0. The minimum atomic E-state index is -0.409. The van der Waals surface area contributed by atoms with E-state index < -0.39 is 5.97 Å². The first kappa shape index (κ1) is 19.2. The molecule has 1 aromatic heterocycles. The van der Waals surface area contributed by atoms with E-state index in [9.17, 15) is 9.59 Å². The van der Waals surface area contributed by atoms with Crippen LogP contribution in [0.4, 0.5) is 0 Å². The first-order valence-electron chi connectivity index (χ1n) is 8.06. The van der Waals surface area contributed by atoms with E-state index >= 15 is 0 Å². The molecule has 0 fully saturated rings. The molecular weight excluding hydrogens is 296 g/mol. The first-order valence-corrected chi connectivity index (χ1v) is 8.06. The maximum Gasteiger partial charge on any atom is 0.341 e. The van der Waals surface area contributed by atoms with E-state index in [1.807, 2.05) is 16.8 Å². The number of hydrogen-bond donors (Lipinski definition) is 0. The normalized spacial score (nSPS) is 10.9. The summed E-state index contributed by atoms with van der Waals surface area (Å²) in [6, 6.07) is 1.68. The molecule has 23 heavy (non-hydrogen) atoms. The first-order chi connectivity index (χ1) is 10.9. The van der Waals surface area contributed by atoms with Crippen LogP contribution in [0.2, 0.25) is 0 Å². The number of esters is 1. The molecule has 6 nitrogen and oxygen atoms in total. The molecule has 0 aliphatic heterocycles. The number of amides is 1. The van der Waals surface area contributed by atoms with Gasteiger partial charge in [0.1, 0.15) is 17.1 Å². The molecule has 0 spiro atoms. The number of aryl methyl sites for hydroxylation is 1. The fraction of sp³-hybridized carbons (Fsp3) is 0.647. The average Bonchev–Trinajstić information content (AvgIpc) is 2.86. The maximum atomic E-state index is 12.3. The van der Waals surface area contributed by atoms with Crippen LogP contribution >= 0.6 is 0 Å². The SMILES string of the molecule is CCCN(CCC)C(=O)CN(C)Cc1cc(C(=O)OC)c(C)o1. The number of carbonyl (C=O) groups is 2. The molecule has 0 unspecified atom stereocenters. The van der Waals surface area contributed by atoms with Gasteiger partial charge >= 0.3 is 5.97 Å². The molecule has 1 aromatic rings. The van der Waals surface area contributed by atoms with Gasteiger partial charge in [-0.15, -0.1) is 0 Å². The summed E-state index contributed by atoms with van der Waals surface area (Å²) >= 11 is 0. The minimum absolute atomic E-state index is 0.118. The smallest absolute Gasteiger partial charge is 0.341 e. The Morgan fingerprint density at radius 2 is 1.83 bits per heavy atom. The number of nitrogens with zero attached hydrogens (tertiary/aromatic N) is 2. The Morgan fingerprint density at radius 1 is 1.22 bits per heavy atom. The van der Waals surface area contributed by atoms with Crippen molar-refractivity contribution < 1.29 is 18.7 Å². The third-order valence-corrected chi connectivity index (χ3v) is 3.54. The molecule has 0 bridgehead atoms. The van der Waals surface area contributed by atoms with E-state index in [4.69, 9.17) is 9.15 Å². The molecule has 0 aromatic carbocycles. The highest BCUT2D eigenvalue weighted by Gasteiger charge is 2.18. The van der Waals surface area contributed by atoms with Gasteiger partial charge in [0.15, 0.2) is 0 Å². The van der Waals surface area contributed by atoms with Crippen LogP contribution in [0.1, 0.15) is 48.6 Å². The van der Waals surface area contributed by atoms with E-state index in [0.717, 1.165) is 25.9 Å². The Hall–Kier alpha value is -1.82. The third-order valence-electron chi connectivity index (χ3n) is 3.54. The van der Waals surface area contributed by atoms with Crippen molar-refractivity contribution in [1.29, 1.82) is 0 Å². The summed E-state index contributed by atoms with van der Waals surface area (Å²) in [5.74, 6) is 0.891. The van der Waals surface area contributed by atoms with E-state index in [1.165, 1.54) is 7.11 Å². The van der Waals surface area contributed by atoms with Crippen molar-refractivity contribution >= 4 is 11.9 Å². The number of likely N-dealkylation sites (N-methyl/N-ethyl adjacent to an activating group) is 1. The lowest BCUT2D eigenvalue weighted by molar-refractivity contribution is -0.132. The van der Waals surface area contributed by atoms with Crippen LogP contribution in [0.25, 0.3) is 0 Å². The van der Waals surface area contributed by atoms with Crippen LogP contribution in [0.3, 0.4) is 0 Å². The molecule has 130 valence electrons. The summed E-state index contributed by atoms with van der Waals surface area (Å²) in [4.78, 5) is 27.7. The monoisotopic (exact) mass is 324 g/mol. The lowest BCUT2D eigenvalue weighted by Gasteiger charge is -2.24. The van der Waals surface area contributed by atoms with Crippen molar-refractivity contribution in [2.45, 2.75) is 40.2 Å². The van der Waals surface area contributed by atoms with Gasteiger partial charge in [-0.1, -0.05) is 13.8 Å². The summed E-state index contributed by atoms with van der Waals surface area (Å²) in [5.41, 5.74) is 0.431. The topological polar surface area (TPSA) is 63.0 Å². The fourth-order valence-electron chi connectivity index (χ4n) is 2.49. The van der Waals surface area contributed by atoms with Gasteiger partial charge in [-0.2, -0.15) is 0 Å². The van der Waals surface area contributed by atoms with Gasteiger partial charge in [0, 0.05) is 13.1 Å². The Bertz CT molecular complexity index is 519. The van der Waals surface area contributed by atoms with Crippen molar-refractivity contribution in [3.05, 3.63) is 23.2 Å². The van der Waals surface area contributed by atoms with Crippen molar-refractivity contribution in [2.75, 3.05) is 33.8 Å². The highest BCUT2D eigenvalue weighted by molar-refractivity contribution is 5.90. The van der Waals surface area contributed by atoms with Crippen molar-refractivity contribution in [2.24, 2.45) is 0 Å². The number of methoxy groups -OCH3 is 1. The molecule has 0 saturated heterocycles. The summed E-state index contributed by atoms with van der Waals surface area (Å²) in [7, 11) is 3.21. The molecule has 1 heterocycles. The number of ether oxygens (including phenoxy) is 1. The zero-order valence-corrected chi connectivity index (χ0v) is 14.8. The van der Waals surface area contributed by atoms with Crippen LogP contribution in [-0.2, 0) is 16.1 Å². The molecule has 1 rings (SSSR count). The molecular formula is C17H28N2O4. The zero-order chi connectivity index (χ0) is 17.4. The van der Waals surface area contributed by atoms with Crippen LogP contribution in [0.15, 0.2) is 10.5 Å². The van der Waals surface area contributed by atoms with Crippen LogP contribution in [0, 0.1) is 6.92 Å². The standard InChI is InChI=1S/C17H28N2O4/c1-6-8-19(9-7-2)16(20)12-18(4)11-14-10-15(13(3)23-14)17(21)22-5/h10H,6-9,11-12H2,1-5H3. The van der Waals surface area contributed by atoms with Crippen molar-refractivity contribution in [3.63, 3.8) is 0 Å². The van der Waals surface area contributed by atoms with Gasteiger partial charge in [-0.3, -0.25) is 9.69 Å². The molecule has 0 aliphatic carbocycles. The second-order valence-corrected chi connectivity index (χ2v) is 5.73. The minimum Gasteiger partial charge on any atom is -0.465 e. The second-order valence-electron chi connectivity index (χ2n) is 5.73. The highest BCUT2D eigenvalue weighted by Crippen LogP contribution is 2.17. The number of carbonyl (C=O) groups excluding carboxylic acids is 2. The van der Waals surface area contributed by atoms with Gasteiger partial charge in [0.25, 0.3) is 0 Å². The Balaban J connectivity index is 2.63. The summed E-state index contributed by atoms with van der Waals surface area (Å²) in [6.07, 6.45) is 1.91. The second kappa shape index (κ2) is 9.35. The molecule has 0 saturated carbocycles. The highest BCUT2D eigenvalue weighted by atomic mass is 16.5. The molecule has 0 atom stereocenters. The van der Waals surface area contributed by atoms with E-state index in [2.05, 4.69) is 13.8 Å². The van der Waals surface area contributed by atoms with Gasteiger partial charge in [0.05, 0.1) is 20.2 Å². The lowest BCUT2D eigenvalue weighted by atomic mass is 10.2. The van der Waals surface area contributed by atoms with E-state index in [-0.39, 0.29) is 5.91 Å². The van der Waals surface area contributed by atoms with Gasteiger partial charge in [-0.25, -0.2) is 4.79 Å². The van der Waals surface area contributed by atoms with E-state index in [1.54, 1.807) is 13.0 Å². The molecule has 0 radical (unpaired) electrons. The molecule has 0 N–H and O–H groups in total. The lowest BCUT2D eigenvalue weighted by Crippen LogP contribution is -2.39. The average molecular weight is 324 g/mol. The Morgan fingerprint density at radius 3 is 2.35 bits per heavy atom. The predicted molar refractivity (Wildman–Crippen MR) is 88.3 cm³/mol. The quantitative estimate of drug-likeness (QED) is 0.653. The van der Waals surface area contributed by atoms with E-state index in [0.29, 0.717) is 30.2 Å². The summed E-state index contributed by atoms with van der Waals surface area (Å²) < 4.78 is 10.3. The Kier molecular flexibility index (Phi) is 7.81. The number of rotatable bonds is 9. The van der Waals surface area contributed by atoms with Gasteiger partial charge in [-0.05, 0) is 32.9 Å². The van der Waals surface area contributed by atoms with Crippen molar-refractivity contribution in [1.82, 2.24) is 9.80 Å². The van der Waals surface area contributed by atoms with Crippen molar-refractivity contribution in [3.8, 4) is 0 Å². The zero-order valence-electron chi connectivity index (χ0n) is 14.8. The summed E-state index contributed by atoms with van der Waals surface area (Å²) in [6.45, 7) is 8.23. The number of furan rings is 1. The van der Waals surface area contributed by atoms with Gasteiger partial charge in [0.2, 0.25) is 5.91 Å². The molecule has 6 heteroatoms. The fourth-order valence-corrected chi connectivity index (χ4v) is 2.49. The Labute approximate surface area is 138 Å².